The van der Waals surface area contributed by atoms with Crippen LogP contribution in [0.5, 0.6) is 0 Å². The minimum Gasteiger partial charge on any atom is -0.325 e. The van der Waals surface area contributed by atoms with E-state index in [9.17, 15) is 4.79 Å². The van der Waals surface area contributed by atoms with Crippen LogP contribution in [0.4, 0.5) is 5.69 Å². The molecule has 0 radical (unpaired) electrons. The van der Waals surface area contributed by atoms with Crippen LogP contribution in [0.1, 0.15) is 24.5 Å². The van der Waals surface area contributed by atoms with Gasteiger partial charge in [0.05, 0.1) is 5.25 Å². The molecule has 0 fully saturated rings. The summed E-state index contributed by atoms with van der Waals surface area (Å²) >= 11 is 2.89. The Morgan fingerprint density at radius 3 is 3.05 bits per heavy atom. The fourth-order valence-corrected chi connectivity index (χ4v) is 3.94. The van der Waals surface area contributed by atoms with Crippen LogP contribution < -0.4 is 5.32 Å². The first kappa shape index (κ1) is 13.6. The second kappa shape index (κ2) is 5.93. The van der Waals surface area contributed by atoms with Crippen LogP contribution in [0.3, 0.4) is 0 Å². The molecule has 1 aliphatic carbocycles. The van der Waals surface area contributed by atoms with E-state index in [1.165, 1.54) is 40.6 Å². The number of aromatic nitrogens is 2. The molecule has 1 aliphatic rings. The van der Waals surface area contributed by atoms with Gasteiger partial charge in [0, 0.05) is 5.69 Å². The molecule has 0 bridgehead atoms. The van der Waals surface area contributed by atoms with Crippen molar-refractivity contribution in [3.8, 4) is 0 Å². The van der Waals surface area contributed by atoms with Gasteiger partial charge in [-0.1, -0.05) is 29.2 Å². The molecule has 1 unspecified atom stereocenters. The largest absolute Gasteiger partial charge is 0.325 e. The van der Waals surface area contributed by atoms with Crippen LogP contribution in [0.2, 0.25) is 0 Å². The molecule has 1 atom stereocenters. The number of benzene rings is 1. The molecular weight excluding hydrogens is 290 g/mol. The molecule has 2 aromatic rings. The van der Waals surface area contributed by atoms with Gasteiger partial charge in [0.1, 0.15) is 5.51 Å². The summed E-state index contributed by atoms with van der Waals surface area (Å²) in [6, 6.07) is 6.22. The number of aryl methyl sites for hydroxylation is 2. The van der Waals surface area contributed by atoms with Gasteiger partial charge in [-0.2, -0.15) is 0 Å². The van der Waals surface area contributed by atoms with Crippen molar-refractivity contribution in [2.75, 3.05) is 5.32 Å². The van der Waals surface area contributed by atoms with Crippen LogP contribution in [-0.4, -0.2) is 21.4 Å². The average molecular weight is 305 g/mol. The molecule has 104 valence electrons. The monoisotopic (exact) mass is 305 g/mol. The summed E-state index contributed by atoms with van der Waals surface area (Å²) in [4.78, 5) is 12.2. The molecule has 0 spiro atoms. The summed E-state index contributed by atoms with van der Waals surface area (Å²) in [5.41, 5.74) is 5.35. The number of anilines is 1. The second-order valence-corrected chi connectivity index (χ2v) is 7.21. The Labute approximate surface area is 126 Å². The van der Waals surface area contributed by atoms with Crippen LogP contribution in [0.15, 0.2) is 28.0 Å². The minimum atomic E-state index is -0.184. The van der Waals surface area contributed by atoms with E-state index in [0.29, 0.717) is 0 Å². The number of rotatable bonds is 4. The van der Waals surface area contributed by atoms with Gasteiger partial charge in [-0.3, -0.25) is 4.79 Å². The molecule has 1 heterocycles. The van der Waals surface area contributed by atoms with Crippen LogP contribution in [0.25, 0.3) is 0 Å². The van der Waals surface area contributed by atoms with Crippen LogP contribution in [-0.2, 0) is 17.6 Å². The minimum absolute atomic E-state index is 0.00291. The quantitative estimate of drug-likeness (QED) is 0.882. The molecule has 1 aromatic carbocycles. The maximum atomic E-state index is 12.2. The maximum Gasteiger partial charge on any atom is 0.237 e. The first-order valence-electron chi connectivity index (χ1n) is 6.58. The van der Waals surface area contributed by atoms with Gasteiger partial charge >= 0.3 is 0 Å². The Balaban J connectivity index is 1.63. The molecule has 4 nitrogen and oxygen atoms in total. The number of thioether (sulfide) groups is 1. The highest BCUT2D eigenvalue weighted by Gasteiger charge is 2.17. The third kappa shape index (κ3) is 3.02. The Bertz CT molecular complexity index is 613. The van der Waals surface area contributed by atoms with Crippen molar-refractivity contribution in [1.29, 1.82) is 0 Å². The zero-order chi connectivity index (χ0) is 13.9. The molecule has 0 saturated heterocycles. The van der Waals surface area contributed by atoms with E-state index in [1.54, 1.807) is 5.51 Å². The molecule has 1 amide bonds. The van der Waals surface area contributed by atoms with E-state index in [4.69, 9.17) is 0 Å². The van der Waals surface area contributed by atoms with E-state index < -0.39 is 0 Å². The summed E-state index contributed by atoms with van der Waals surface area (Å²) in [6.45, 7) is 1.88. The number of amides is 1. The van der Waals surface area contributed by atoms with E-state index in [1.807, 2.05) is 13.0 Å². The lowest BCUT2D eigenvalue weighted by molar-refractivity contribution is -0.115. The average Bonchev–Trinajstić information content (AvgIpc) is 3.08. The zero-order valence-corrected chi connectivity index (χ0v) is 12.8. The van der Waals surface area contributed by atoms with Gasteiger partial charge in [0.2, 0.25) is 5.91 Å². The van der Waals surface area contributed by atoms with E-state index >= 15 is 0 Å². The Morgan fingerprint density at radius 2 is 2.25 bits per heavy atom. The Kier molecular flexibility index (Phi) is 4.03. The summed E-state index contributed by atoms with van der Waals surface area (Å²) in [5.74, 6) is 0.00291. The van der Waals surface area contributed by atoms with Crippen molar-refractivity contribution in [2.45, 2.75) is 35.8 Å². The molecule has 0 aliphatic heterocycles. The molecule has 20 heavy (non-hydrogen) atoms. The smallest absolute Gasteiger partial charge is 0.237 e. The Hall–Kier alpha value is -1.40. The van der Waals surface area contributed by atoms with Crippen molar-refractivity contribution in [3.63, 3.8) is 0 Å². The first-order valence-corrected chi connectivity index (χ1v) is 8.34. The van der Waals surface area contributed by atoms with E-state index in [-0.39, 0.29) is 11.2 Å². The van der Waals surface area contributed by atoms with E-state index in [0.717, 1.165) is 22.9 Å². The van der Waals surface area contributed by atoms with Gasteiger partial charge in [0.15, 0.2) is 4.34 Å². The number of fused-ring (bicyclic) bond motifs is 1. The van der Waals surface area contributed by atoms with Crippen LogP contribution >= 0.6 is 23.1 Å². The zero-order valence-electron chi connectivity index (χ0n) is 11.1. The van der Waals surface area contributed by atoms with Crippen molar-refractivity contribution in [3.05, 3.63) is 34.8 Å². The number of carbonyl (C=O) groups is 1. The molecule has 6 heteroatoms. The van der Waals surface area contributed by atoms with Gasteiger partial charge < -0.3 is 5.32 Å². The number of nitrogens with zero attached hydrogens (tertiary/aromatic N) is 2. The molecular formula is C14H15N3OS2. The summed E-state index contributed by atoms with van der Waals surface area (Å²) in [6.07, 6.45) is 3.50. The first-order chi connectivity index (χ1) is 9.72. The highest BCUT2D eigenvalue weighted by atomic mass is 32.2. The van der Waals surface area contributed by atoms with Gasteiger partial charge in [-0.05, 0) is 49.4 Å². The van der Waals surface area contributed by atoms with Gasteiger partial charge in [0.25, 0.3) is 0 Å². The summed E-state index contributed by atoms with van der Waals surface area (Å²) in [7, 11) is 0. The summed E-state index contributed by atoms with van der Waals surface area (Å²) < 4.78 is 0.821. The maximum absolute atomic E-state index is 12.2. The topological polar surface area (TPSA) is 54.9 Å². The highest BCUT2D eigenvalue weighted by Crippen LogP contribution is 2.27. The lowest BCUT2D eigenvalue weighted by Crippen LogP contribution is -2.22. The fourth-order valence-electron chi connectivity index (χ4n) is 2.31. The third-order valence-corrected chi connectivity index (χ3v) is 5.26. The third-order valence-electron chi connectivity index (χ3n) is 3.35. The fraction of sp³-hybridized carbons (Fsp3) is 0.357. The SMILES string of the molecule is CC(Sc1nncs1)C(=O)Nc1ccc2c(c1)CCC2. The Morgan fingerprint density at radius 1 is 1.40 bits per heavy atom. The number of carbonyl (C=O) groups excluding carboxylic acids is 1. The van der Waals surface area contributed by atoms with Crippen LogP contribution in [0, 0.1) is 0 Å². The summed E-state index contributed by atoms with van der Waals surface area (Å²) in [5, 5.41) is 10.5. The number of hydrogen-bond acceptors (Lipinski definition) is 5. The van der Waals surface area contributed by atoms with Gasteiger partial charge in [-0.15, -0.1) is 10.2 Å². The number of nitrogens with one attached hydrogen (secondary N) is 1. The molecule has 3 rings (SSSR count). The van der Waals surface area contributed by atoms with Crippen molar-refractivity contribution < 1.29 is 4.79 Å². The van der Waals surface area contributed by atoms with Gasteiger partial charge in [-0.25, -0.2) is 0 Å². The number of hydrogen-bond donors (Lipinski definition) is 1. The normalized spacial score (nSPS) is 14.8. The van der Waals surface area contributed by atoms with Crippen molar-refractivity contribution in [1.82, 2.24) is 10.2 Å². The van der Waals surface area contributed by atoms with Crippen molar-refractivity contribution >= 4 is 34.7 Å². The standard InChI is InChI=1S/C14H15N3OS2/c1-9(20-14-17-15-8-19-14)13(18)16-12-6-5-10-3-2-4-11(10)7-12/h5-9H,2-4H2,1H3,(H,16,18). The van der Waals surface area contributed by atoms with E-state index in [2.05, 4.69) is 27.6 Å². The lowest BCUT2D eigenvalue weighted by Gasteiger charge is -2.11. The predicted octanol–water partition coefficient (Wildman–Crippen LogP) is 3.15. The molecule has 1 aromatic heterocycles. The molecule has 1 N–H and O–H groups in total. The predicted molar refractivity (Wildman–Crippen MR) is 82.3 cm³/mol. The second-order valence-electron chi connectivity index (χ2n) is 4.79. The molecule has 0 saturated carbocycles. The highest BCUT2D eigenvalue weighted by molar-refractivity contribution is 8.02. The lowest BCUT2D eigenvalue weighted by atomic mass is 10.1. The van der Waals surface area contributed by atoms with Crippen molar-refractivity contribution in [2.24, 2.45) is 0 Å².